The monoisotopic (exact) mass is 390 g/mol. The molecule has 1 atom stereocenters. The van der Waals surface area contributed by atoms with E-state index in [1.807, 2.05) is 0 Å². The molecule has 1 aromatic carbocycles. The van der Waals surface area contributed by atoms with E-state index in [1.54, 1.807) is 16.9 Å². The van der Waals surface area contributed by atoms with Crippen LogP contribution in [0.25, 0.3) is 0 Å². The number of halogens is 3. The number of hydrogen-bond donors (Lipinski definition) is 1. The lowest BCUT2D eigenvalue weighted by atomic mass is 9.92. The van der Waals surface area contributed by atoms with Crippen molar-refractivity contribution in [3.05, 3.63) is 35.4 Å². The number of likely N-dealkylation sites (tertiary alicyclic amines) is 1. The summed E-state index contributed by atoms with van der Waals surface area (Å²) in [5.41, 5.74) is 0.845. The van der Waals surface area contributed by atoms with Crippen molar-refractivity contribution in [2.45, 2.75) is 44.4 Å². The summed E-state index contributed by atoms with van der Waals surface area (Å²) in [6, 6.07) is 3.82. The number of hydrogen-bond acceptors (Lipinski definition) is 3. The summed E-state index contributed by atoms with van der Waals surface area (Å²) in [6.07, 6.45) is 1.19. The Morgan fingerprint density at radius 2 is 1.62 bits per heavy atom. The van der Waals surface area contributed by atoms with Gasteiger partial charge in [0.05, 0.1) is 6.26 Å². The Bertz CT molecular complexity index is 707. The highest BCUT2D eigenvalue weighted by molar-refractivity contribution is 7.88. The van der Waals surface area contributed by atoms with Crippen LogP contribution in [0.1, 0.15) is 42.9 Å². The predicted octanol–water partition coefficient (Wildman–Crippen LogP) is 3.46. The summed E-state index contributed by atoms with van der Waals surface area (Å²) in [5, 5.41) is 0. The highest BCUT2D eigenvalue weighted by Crippen LogP contribution is 2.42. The van der Waals surface area contributed by atoms with Crippen LogP contribution in [0.15, 0.2) is 24.3 Å². The third kappa shape index (κ3) is 5.44. The van der Waals surface area contributed by atoms with E-state index in [2.05, 4.69) is 4.90 Å². The normalized spacial score (nSPS) is 21.7. The van der Waals surface area contributed by atoms with Gasteiger partial charge < -0.3 is 0 Å². The van der Waals surface area contributed by atoms with E-state index in [-0.39, 0.29) is 5.56 Å². The Labute approximate surface area is 152 Å². The van der Waals surface area contributed by atoms with E-state index in [9.17, 15) is 21.6 Å². The van der Waals surface area contributed by atoms with Crippen molar-refractivity contribution in [1.29, 1.82) is 0 Å². The van der Waals surface area contributed by atoms with Gasteiger partial charge >= 0.3 is 6.18 Å². The first-order chi connectivity index (χ1) is 12.1. The molecule has 1 heterocycles. The maximum atomic E-state index is 13.2. The third-order valence-electron chi connectivity index (χ3n) is 5.30. The molecule has 2 fully saturated rings. The molecule has 4 nitrogen and oxygen atoms in total. The van der Waals surface area contributed by atoms with Crippen molar-refractivity contribution in [2.75, 3.05) is 19.3 Å². The zero-order valence-electron chi connectivity index (χ0n) is 14.8. The van der Waals surface area contributed by atoms with Crippen molar-refractivity contribution in [2.24, 2.45) is 11.8 Å². The first kappa shape index (κ1) is 19.6. The van der Waals surface area contributed by atoms with Gasteiger partial charge in [-0.05, 0) is 61.7 Å². The molecule has 0 unspecified atom stereocenters. The van der Waals surface area contributed by atoms with Crippen LogP contribution in [0.5, 0.6) is 0 Å². The maximum Gasteiger partial charge on any atom is 0.408 e. The number of nitrogens with zero attached hydrogens (tertiary/aromatic N) is 1. The molecule has 1 N–H and O–H groups in total. The summed E-state index contributed by atoms with van der Waals surface area (Å²) in [7, 11) is -3.97. The summed E-state index contributed by atoms with van der Waals surface area (Å²) < 4.78 is 63.7. The van der Waals surface area contributed by atoms with Gasteiger partial charge in [-0.25, -0.2) is 8.42 Å². The summed E-state index contributed by atoms with van der Waals surface area (Å²) in [4.78, 5) is 2.34. The molecule has 3 rings (SSSR count). The fourth-order valence-corrected chi connectivity index (χ4v) is 4.46. The molecule has 0 bridgehead atoms. The molecular weight excluding hydrogens is 365 g/mol. The Balaban J connectivity index is 1.61. The zero-order valence-corrected chi connectivity index (χ0v) is 15.6. The minimum atomic E-state index is -4.69. The first-order valence-electron chi connectivity index (χ1n) is 8.97. The molecule has 26 heavy (non-hydrogen) atoms. The van der Waals surface area contributed by atoms with Crippen LogP contribution < -0.4 is 4.72 Å². The molecule has 0 spiro atoms. The summed E-state index contributed by atoms with van der Waals surface area (Å²) >= 11 is 0. The lowest BCUT2D eigenvalue weighted by molar-refractivity contribution is -0.153. The second kappa shape index (κ2) is 7.48. The van der Waals surface area contributed by atoms with E-state index in [0.29, 0.717) is 6.54 Å². The molecule has 2 aliphatic rings. The summed E-state index contributed by atoms with van der Waals surface area (Å²) in [5.74, 6) is 1.78. The molecule has 0 aromatic heterocycles. The molecule has 1 saturated heterocycles. The van der Waals surface area contributed by atoms with Gasteiger partial charge in [0.1, 0.15) is 6.04 Å². The maximum absolute atomic E-state index is 13.2. The van der Waals surface area contributed by atoms with E-state index in [4.69, 9.17) is 0 Å². The van der Waals surface area contributed by atoms with Gasteiger partial charge in [-0.1, -0.05) is 24.3 Å². The lowest BCUT2D eigenvalue weighted by Crippen LogP contribution is -2.37. The molecule has 0 radical (unpaired) electrons. The smallest absolute Gasteiger partial charge is 0.299 e. The standard InChI is InChI=1S/C18H25F3N2O2S/c1-26(24,25)22-17(18(19,20)21)16-4-2-13(3-5-16)12-23-10-8-15(9-11-23)14-6-7-14/h2-5,14-15,17,22H,6-12H2,1H3/t17-/m0/s1. The first-order valence-corrected chi connectivity index (χ1v) is 10.9. The molecule has 8 heteroatoms. The second-order valence-electron chi connectivity index (χ2n) is 7.56. The average molecular weight is 390 g/mol. The van der Waals surface area contributed by atoms with Crippen molar-refractivity contribution in [3.8, 4) is 0 Å². The van der Waals surface area contributed by atoms with E-state index in [0.717, 1.165) is 36.7 Å². The minimum Gasteiger partial charge on any atom is -0.299 e. The number of sulfonamides is 1. The van der Waals surface area contributed by atoms with Gasteiger partial charge in [0.15, 0.2) is 0 Å². The van der Waals surface area contributed by atoms with E-state index in [1.165, 1.54) is 37.8 Å². The Morgan fingerprint density at radius 3 is 2.08 bits per heavy atom. The van der Waals surface area contributed by atoms with Gasteiger partial charge in [-0.3, -0.25) is 4.90 Å². The van der Waals surface area contributed by atoms with Crippen LogP contribution in [0.4, 0.5) is 13.2 Å². The molecule has 1 aliphatic heterocycles. The van der Waals surface area contributed by atoms with Crippen LogP contribution in [0.3, 0.4) is 0 Å². The number of benzene rings is 1. The van der Waals surface area contributed by atoms with Gasteiger partial charge in [-0.15, -0.1) is 0 Å². The van der Waals surface area contributed by atoms with E-state index >= 15 is 0 Å². The topological polar surface area (TPSA) is 49.4 Å². The molecule has 146 valence electrons. The lowest BCUT2D eigenvalue weighted by Gasteiger charge is -2.32. The zero-order chi connectivity index (χ0) is 18.9. The number of piperidine rings is 1. The Kier molecular flexibility index (Phi) is 5.65. The van der Waals surface area contributed by atoms with Crippen LogP contribution in [0.2, 0.25) is 0 Å². The second-order valence-corrected chi connectivity index (χ2v) is 9.34. The SMILES string of the molecule is CS(=O)(=O)N[C@@H](c1ccc(CN2CCC(C3CC3)CC2)cc1)C(F)(F)F. The van der Waals surface area contributed by atoms with Crippen LogP contribution in [-0.2, 0) is 16.6 Å². The van der Waals surface area contributed by atoms with Crippen molar-refractivity contribution >= 4 is 10.0 Å². The fourth-order valence-electron chi connectivity index (χ4n) is 3.76. The highest BCUT2D eigenvalue weighted by atomic mass is 32.2. The average Bonchev–Trinajstić information content (AvgIpc) is 3.37. The van der Waals surface area contributed by atoms with Crippen molar-refractivity contribution < 1.29 is 21.6 Å². The summed E-state index contributed by atoms with van der Waals surface area (Å²) in [6.45, 7) is 2.78. The molecule has 1 aromatic rings. The largest absolute Gasteiger partial charge is 0.408 e. The van der Waals surface area contributed by atoms with E-state index < -0.39 is 22.2 Å². The quantitative estimate of drug-likeness (QED) is 0.809. The van der Waals surface area contributed by atoms with Crippen LogP contribution in [-0.4, -0.2) is 38.8 Å². The Hall–Kier alpha value is -1.12. The number of alkyl halides is 3. The van der Waals surface area contributed by atoms with Gasteiger partial charge in [0.25, 0.3) is 0 Å². The van der Waals surface area contributed by atoms with Crippen molar-refractivity contribution in [1.82, 2.24) is 9.62 Å². The predicted molar refractivity (Wildman–Crippen MR) is 93.9 cm³/mol. The molecular formula is C18H25F3N2O2S. The highest BCUT2D eigenvalue weighted by Gasteiger charge is 2.42. The van der Waals surface area contributed by atoms with Gasteiger partial charge in [-0.2, -0.15) is 17.9 Å². The fraction of sp³-hybridized carbons (Fsp3) is 0.667. The Morgan fingerprint density at radius 1 is 1.08 bits per heavy atom. The van der Waals surface area contributed by atoms with Crippen LogP contribution in [0, 0.1) is 11.8 Å². The number of rotatable bonds is 6. The van der Waals surface area contributed by atoms with Gasteiger partial charge in [0, 0.05) is 6.54 Å². The van der Waals surface area contributed by atoms with Gasteiger partial charge in [0.2, 0.25) is 10.0 Å². The molecule has 0 amide bonds. The molecule has 1 saturated carbocycles. The van der Waals surface area contributed by atoms with Crippen LogP contribution >= 0.6 is 0 Å². The third-order valence-corrected chi connectivity index (χ3v) is 5.96. The molecule has 1 aliphatic carbocycles. The minimum absolute atomic E-state index is 0.0980. The van der Waals surface area contributed by atoms with Crippen molar-refractivity contribution in [3.63, 3.8) is 0 Å². The number of nitrogens with one attached hydrogen (secondary N) is 1.